The lowest BCUT2D eigenvalue weighted by Crippen LogP contribution is -2.50. The lowest BCUT2D eigenvalue weighted by atomic mass is 9.76. The molecule has 4 atom stereocenters. The number of amides is 2. The molecule has 1 saturated heterocycles. The average Bonchev–Trinajstić information content (AvgIpc) is 2.48. The molecule has 1 heterocycles. The molecule has 0 radical (unpaired) electrons. The SMILES string of the molecule is CNC(=O)C1CCCN(C(=O)C2CCCC(N)C2C)C1. The Kier molecular flexibility index (Phi) is 5.02. The third kappa shape index (κ3) is 3.14. The Morgan fingerprint density at radius 3 is 2.65 bits per heavy atom. The predicted octanol–water partition coefficient (Wildman–Crippen LogP) is 0.735. The second-order valence-corrected chi connectivity index (χ2v) is 6.30. The van der Waals surface area contributed by atoms with E-state index >= 15 is 0 Å². The Balaban J connectivity index is 1.99. The van der Waals surface area contributed by atoms with Crippen LogP contribution in [0.25, 0.3) is 0 Å². The van der Waals surface area contributed by atoms with E-state index < -0.39 is 0 Å². The van der Waals surface area contributed by atoms with E-state index in [0.717, 1.165) is 38.6 Å². The van der Waals surface area contributed by atoms with E-state index in [0.29, 0.717) is 6.54 Å². The highest BCUT2D eigenvalue weighted by Gasteiger charge is 2.37. The molecule has 1 saturated carbocycles. The van der Waals surface area contributed by atoms with Crippen LogP contribution in [-0.2, 0) is 9.59 Å². The maximum atomic E-state index is 12.7. The second kappa shape index (κ2) is 6.57. The molecule has 0 aromatic rings. The van der Waals surface area contributed by atoms with Gasteiger partial charge in [-0.3, -0.25) is 9.59 Å². The highest BCUT2D eigenvalue weighted by atomic mass is 16.2. The molecule has 0 aromatic carbocycles. The molecule has 1 aliphatic carbocycles. The van der Waals surface area contributed by atoms with Crippen molar-refractivity contribution in [3.63, 3.8) is 0 Å². The first kappa shape index (κ1) is 15.3. The summed E-state index contributed by atoms with van der Waals surface area (Å²) in [7, 11) is 1.66. The first-order valence-electron chi connectivity index (χ1n) is 7.80. The minimum Gasteiger partial charge on any atom is -0.359 e. The summed E-state index contributed by atoms with van der Waals surface area (Å²) in [6, 6.07) is 0.136. The Morgan fingerprint density at radius 1 is 1.20 bits per heavy atom. The molecule has 2 fully saturated rings. The molecule has 2 amide bonds. The van der Waals surface area contributed by atoms with Gasteiger partial charge in [-0.2, -0.15) is 0 Å². The predicted molar refractivity (Wildman–Crippen MR) is 77.9 cm³/mol. The zero-order valence-electron chi connectivity index (χ0n) is 12.6. The van der Waals surface area contributed by atoms with Crippen LogP contribution in [0.4, 0.5) is 0 Å². The van der Waals surface area contributed by atoms with Crippen molar-refractivity contribution in [2.45, 2.75) is 45.1 Å². The third-order valence-electron chi connectivity index (χ3n) is 5.03. The number of hydrogen-bond donors (Lipinski definition) is 2. The van der Waals surface area contributed by atoms with Gasteiger partial charge in [-0.05, 0) is 31.6 Å². The van der Waals surface area contributed by atoms with Crippen molar-refractivity contribution in [1.29, 1.82) is 0 Å². The number of piperidine rings is 1. The van der Waals surface area contributed by atoms with E-state index in [1.165, 1.54) is 0 Å². The number of hydrogen-bond acceptors (Lipinski definition) is 3. The summed E-state index contributed by atoms with van der Waals surface area (Å²) in [6.07, 6.45) is 4.79. The molecule has 5 heteroatoms. The van der Waals surface area contributed by atoms with Crippen LogP contribution in [0.3, 0.4) is 0 Å². The molecular weight excluding hydrogens is 254 g/mol. The van der Waals surface area contributed by atoms with Crippen LogP contribution < -0.4 is 11.1 Å². The summed E-state index contributed by atoms with van der Waals surface area (Å²) >= 11 is 0. The Morgan fingerprint density at radius 2 is 1.95 bits per heavy atom. The van der Waals surface area contributed by atoms with Crippen molar-refractivity contribution in [3.05, 3.63) is 0 Å². The van der Waals surface area contributed by atoms with Gasteiger partial charge >= 0.3 is 0 Å². The molecular formula is C15H27N3O2. The quantitative estimate of drug-likeness (QED) is 0.783. The molecule has 0 aromatic heterocycles. The third-order valence-corrected chi connectivity index (χ3v) is 5.03. The van der Waals surface area contributed by atoms with Crippen LogP contribution in [0.5, 0.6) is 0 Å². The van der Waals surface area contributed by atoms with E-state index in [2.05, 4.69) is 12.2 Å². The molecule has 20 heavy (non-hydrogen) atoms. The Hall–Kier alpha value is -1.10. The standard InChI is InChI=1S/C15H27N3O2/c1-10-12(6-3-7-13(10)16)15(20)18-8-4-5-11(9-18)14(19)17-2/h10-13H,3-9,16H2,1-2H3,(H,17,19). The van der Waals surface area contributed by atoms with Gasteiger partial charge in [0.2, 0.25) is 11.8 Å². The molecule has 0 bridgehead atoms. The molecule has 114 valence electrons. The Bertz CT molecular complexity index is 372. The van der Waals surface area contributed by atoms with Gasteiger partial charge in [0.1, 0.15) is 0 Å². The van der Waals surface area contributed by atoms with Gasteiger partial charge in [-0.1, -0.05) is 13.3 Å². The molecule has 1 aliphatic heterocycles. The smallest absolute Gasteiger partial charge is 0.226 e. The molecule has 2 aliphatic rings. The van der Waals surface area contributed by atoms with Crippen molar-refractivity contribution < 1.29 is 9.59 Å². The van der Waals surface area contributed by atoms with Crippen molar-refractivity contribution in [1.82, 2.24) is 10.2 Å². The fourth-order valence-corrected chi connectivity index (χ4v) is 3.58. The van der Waals surface area contributed by atoms with E-state index in [1.54, 1.807) is 7.05 Å². The van der Waals surface area contributed by atoms with Gasteiger partial charge < -0.3 is 16.0 Å². The van der Waals surface area contributed by atoms with Gasteiger partial charge in [-0.25, -0.2) is 0 Å². The summed E-state index contributed by atoms with van der Waals surface area (Å²) in [6.45, 7) is 3.44. The van der Waals surface area contributed by atoms with E-state index in [1.807, 2.05) is 4.90 Å². The van der Waals surface area contributed by atoms with Crippen LogP contribution in [0.2, 0.25) is 0 Å². The summed E-state index contributed by atoms with van der Waals surface area (Å²) in [5, 5.41) is 2.69. The van der Waals surface area contributed by atoms with Gasteiger partial charge in [-0.15, -0.1) is 0 Å². The minimum atomic E-state index is -0.0507. The van der Waals surface area contributed by atoms with Crippen LogP contribution >= 0.6 is 0 Å². The first-order chi connectivity index (χ1) is 9.54. The first-order valence-corrected chi connectivity index (χ1v) is 7.80. The summed E-state index contributed by atoms with van der Waals surface area (Å²) in [5.74, 6) is 0.501. The number of carbonyl (C=O) groups excluding carboxylic acids is 2. The number of carbonyl (C=O) groups is 2. The Labute approximate surface area is 121 Å². The number of likely N-dealkylation sites (tertiary alicyclic amines) is 1. The van der Waals surface area contributed by atoms with Crippen molar-refractivity contribution >= 4 is 11.8 Å². The van der Waals surface area contributed by atoms with Gasteiger partial charge in [0.05, 0.1) is 5.92 Å². The maximum Gasteiger partial charge on any atom is 0.226 e. The number of rotatable bonds is 2. The lowest BCUT2D eigenvalue weighted by Gasteiger charge is -2.39. The van der Waals surface area contributed by atoms with Crippen molar-refractivity contribution in [2.75, 3.05) is 20.1 Å². The number of nitrogens with zero attached hydrogens (tertiary/aromatic N) is 1. The van der Waals surface area contributed by atoms with Gasteiger partial charge in [0.15, 0.2) is 0 Å². The molecule has 3 N–H and O–H groups in total. The second-order valence-electron chi connectivity index (χ2n) is 6.30. The number of nitrogens with two attached hydrogens (primary N) is 1. The van der Waals surface area contributed by atoms with E-state index in [4.69, 9.17) is 5.73 Å². The van der Waals surface area contributed by atoms with Crippen LogP contribution in [-0.4, -0.2) is 42.9 Å². The normalized spacial score (nSPS) is 34.6. The molecule has 0 spiro atoms. The van der Waals surface area contributed by atoms with Gasteiger partial charge in [0, 0.05) is 32.1 Å². The van der Waals surface area contributed by atoms with E-state index in [-0.39, 0.29) is 35.6 Å². The lowest BCUT2D eigenvalue weighted by molar-refractivity contribution is -0.142. The van der Waals surface area contributed by atoms with Crippen molar-refractivity contribution in [2.24, 2.45) is 23.5 Å². The topological polar surface area (TPSA) is 75.4 Å². The molecule has 2 rings (SSSR count). The highest BCUT2D eigenvalue weighted by Crippen LogP contribution is 2.31. The zero-order chi connectivity index (χ0) is 14.7. The van der Waals surface area contributed by atoms with E-state index in [9.17, 15) is 9.59 Å². The number of nitrogens with one attached hydrogen (secondary N) is 1. The average molecular weight is 281 g/mol. The maximum absolute atomic E-state index is 12.7. The van der Waals surface area contributed by atoms with Crippen LogP contribution in [0.15, 0.2) is 0 Å². The largest absolute Gasteiger partial charge is 0.359 e. The van der Waals surface area contributed by atoms with Crippen LogP contribution in [0.1, 0.15) is 39.0 Å². The summed E-state index contributed by atoms with van der Waals surface area (Å²) in [4.78, 5) is 26.4. The molecule has 5 nitrogen and oxygen atoms in total. The highest BCUT2D eigenvalue weighted by molar-refractivity contribution is 5.82. The summed E-state index contributed by atoms with van der Waals surface area (Å²) in [5.41, 5.74) is 6.10. The minimum absolute atomic E-state index is 0.0437. The van der Waals surface area contributed by atoms with Gasteiger partial charge in [0.25, 0.3) is 0 Å². The molecule has 4 unspecified atom stereocenters. The van der Waals surface area contributed by atoms with Crippen molar-refractivity contribution in [3.8, 4) is 0 Å². The monoisotopic (exact) mass is 281 g/mol. The zero-order valence-corrected chi connectivity index (χ0v) is 12.6. The fraction of sp³-hybridized carbons (Fsp3) is 0.867. The summed E-state index contributed by atoms with van der Waals surface area (Å²) < 4.78 is 0. The fourth-order valence-electron chi connectivity index (χ4n) is 3.58. The van der Waals surface area contributed by atoms with Crippen LogP contribution in [0, 0.1) is 17.8 Å².